The maximum Gasteiger partial charge on any atom is 0.338 e. The average molecular weight is 532 g/mol. The smallest absolute Gasteiger partial charge is 0.338 e. The van der Waals surface area contributed by atoms with Gasteiger partial charge in [0.25, 0.3) is 21.8 Å². The van der Waals surface area contributed by atoms with E-state index in [1.165, 1.54) is 39.2 Å². The Labute approximate surface area is 220 Å². The molecule has 1 aromatic heterocycles. The Morgan fingerprint density at radius 3 is 2.21 bits per heavy atom. The summed E-state index contributed by atoms with van der Waals surface area (Å²) in [5.41, 5.74) is 1.46. The summed E-state index contributed by atoms with van der Waals surface area (Å²) in [5.74, 6) is -2.35. The van der Waals surface area contributed by atoms with E-state index in [0.29, 0.717) is 5.69 Å². The van der Waals surface area contributed by atoms with Gasteiger partial charge in [-0.25, -0.2) is 13.2 Å². The van der Waals surface area contributed by atoms with Crippen molar-refractivity contribution < 1.29 is 27.5 Å². The minimum absolute atomic E-state index is 0.0552. The van der Waals surface area contributed by atoms with Crippen LogP contribution in [0.4, 0.5) is 5.69 Å². The monoisotopic (exact) mass is 531 g/mol. The molecule has 0 bridgehead atoms. The molecule has 0 unspecified atom stereocenters. The molecule has 0 radical (unpaired) electrons. The van der Waals surface area contributed by atoms with E-state index in [0.717, 1.165) is 5.56 Å². The van der Waals surface area contributed by atoms with Gasteiger partial charge < -0.3 is 9.30 Å². The number of rotatable bonds is 9. The quantitative estimate of drug-likeness (QED) is 0.331. The van der Waals surface area contributed by atoms with E-state index in [2.05, 4.69) is 5.32 Å². The number of carbonyl (C=O) groups is 3. The number of nitrogens with one attached hydrogen (secondary N) is 1. The summed E-state index contributed by atoms with van der Waals surface area (Å²) >= 11 is 0. The van der Waals surface area contributed by atoms with Crippen LogP contribution in [-0.2, 0) is 33.1 Å². The number of carbonyl (C=O) groups excluding carboxylic acids is 3. The number of anilines is 1. The molecule has 3 aromatic carbocycles. The molecular formula is C28H25N3O6S. The summed E-state index contributed by atoms with van der Waals surface area (Å²) in [5, 5.41) is 2.14. The van der Waals surface area contributed by atoms with Gasteiger partial charge in [-0.2, -0.15) is 0 Å². The molecule has 4 rings (SSSR count). The van der Waals surface area contributed by atoms with Crippen molar-refractivity contribution in [2.45, 2.75) is 11.4 Å². The van der Waals surface area contributed by atoms with E-state index in [1.807, 2.05) is 30.3 Å². The van der Waals surface area contributed by atoms with Crippen LogP contribution in [0.5, 0.6) is 0 Å². The summed E-state index contributed by atoms with van der Waals surface area (Å²) in [6.45, 7) is -0.632. The number of hydrogen-bond donors (Lipinski definition) is 1. The first-order valence-electron chi connectivity index (χ1n) is 11.6. The highest BCUT2D eigenvalue weighted by Gasteiger charge is 2.26. The molecule has 0 aliphatic heterocycles. The van der Waals surface area contributed by atoms with Crippen LogP contribution in [0.3, 0.4) is 0 Å². The van der Waals surface area contributed by atoms with Crippen LogP contribution in [0.25, 0.3) is 0 Å². The highest BCUT2D eigenvalue weighted by molar-refractivity contribution is 7.92. The molecule has 9 nitrogen and oxygen atoms in total. The van der Waals surface area contributed by atoms with Gasteiger partial charge in [-0.3, -0.25) is 19.2 Å². The third-order valence-corrected chi connectivity index (χ3v) is 7.40. The largest absolute Gasteiger partial charge is 0.452 e. The van der Waals surface area contributed by atoms with Gasteiger partial charge in [-0.15, -0.1) is 0 Å². The van der Waals surface area contributed by atoms with Crippen LogP contribution in [0.2, 0.25) is 0 Å². The van der Waals surface area contributed by atoms with Crippen molar-refractivity contribution in [3.8, 4) is 0 Å². The van der Waals surface area contributed by atoms with E-state index in [9.17, 15) is 22.8 Å². The van der Waals surface area contributed by atoms with Gasteiger partial charge >= 0.3 is 5.97 Å². The van der Waals surface area contributed by atoms with E-state index in [4.69, 9.17) is 4.74 Å². The van der Waals surface area contributed by atoms with Gasteiger partial charge in [0.15, 0.2) is 6.61 Å². The van der Waals surface area contributed by atoms with Crippen LogP contribution in [0.15, 0.2) is 108 Å². The molecule has 0 aliphatic carbocycles. The van der Waals surface area contributed by atoms with Gasteiger partial charge in [0, 0.05) is 13.2 Å². The van der Waals surface area contributed by atoms with E-state index in [1.54, 1.807) is 49.6 Å². The molecule has 0 aliphatic rings. The van der Waals surface area contributed by atoms with Crippen molar-refractivity contribution in [2.24, 2.45) is 7.05 Å². The third-order valence-electron chi connectivity index (χ3n) is 5.63. The predicted molar refractivity (Wildman–Crippen MR) is 141 cm³/mol. The number of sulfonamides is 1. The molecule has 0 saturated carbocycles. The summed E-state index contributed by atoms with van der Waals surface area (Å²) in [4.78, 5) is 36.8. The zero-order valence-corrected chi connectivity index (χ0v) is 21.3. The van der Waals surface area contributed by atoms with Gasteiger partial charge in [0.2, 0.25) is 0 Å². The summed E-state index contributed by atoms with van der Waals surface area (Å²) in [6, 6.07) is 26.4. The molecule has 0 fully saturated rings. The lowest BCUT2D eigenvalue weighted by Crippen LogP contribution is -2.35. The number of ether oxygens (including phenoxy) is 1. The van der Waals surface area contributed by atoms with Crippen molar-refractivity contribution in [2.75, 3.05) is 10.9 Å². The lowest BCUT2D eigenvalue weighted by molar-refractivity contribution is -0.123. The molecule has 0 spiro atoms. The summed E-state index contributed by atoms with van der Waals surface area (Å²) < 4.78 is 35.2. The first-order chi connectivity index (χ1) is 18.3. The molecule has 0 saturated heterocycles. The van der Waals surface area contributed by atoms with Crippen LogP contribution in [0.1, 0.15) is 26.4 Å². The van der Waals surface area contributed by atoms with Crippen LogP contribution < -0.4 is 9.62 Å². The number of para-hydroxylation sites is 1. The Morgan fingerprint density at radius 1 is 0.868 bits per heavy atom. The van der Waals surface area contributed by atoms with Crippen molar-refractivity contribution in [3.05, 3.63) is 120 Å². The fraction of sp³-hybridized carbons (Fsp3) is 0.107. The fourth-order valence-electron chi connectivity index (χ4n) is 3.71. The van der Waals surface area contributed by atoms with Gasteiger partial charge in [0.05, 0.1) is 22.7 Å². The second-order valence-corrected chi connectivity index (χ2v) is 10.2. The number of nitrogens with zero attached hydrogens (tertiary/aromatic N) is 2. The number of aromatic nitrogens is 1. The maximum atomic E-state index is 13.7. The maximum absolute atomic E-state index is 13.7. The standard InChI is InChI=1S/C28H25N3O6S/c1-30-17-9-16-25(30)27(33)29-26(32)20-37-28(34)22-12-8-15-24(18-22)38(35,36)31(23-13-6-3-7-14-23)19-21-10-4-2-5-11-21/h2-18H,19-20H2,1H3,(H,29,32,33). The molecule has 1 heterocycles. The van der Waals surface area contributed by atoms with Gasteiger partial charge in [0.1, 0.15) is 5.69 Å². The first-order valence-corrected chi connectivity index (χ1v) is 13.0. The number of hydrogen-bond acceptors (Lipinski definition) is 6. The van der Waals surface area contributed by atoms with Crippen LogP contribution in [-0.4, -0.2) is 37.4 Å². The Balaban J connectivity index is 1.49. The summed E-state index contributed by atoms with van der Waals surface area (Å²) in [6.07, 6.45) is 1.65. The molecule has 0 atom stereocenters. The second kappa shape index (κ2) is 11.6. The Hall–Kier alpha value is -4.70. The molecule has 38 heavy (non-hydrogen) atoms. The summed E-state index contributed by atoms with van der Waals surface area (Å²) in [7, 11) is -2.43. The third kappa shape index (κ3) is 6.16. The zero-order valence-electron chi connectivity index (χ0n) is 20.5. The lowest BCUT2D eigenvalue weighted by Gasteiger charge is -2.25. The lowest BCUT2D eigenvalue weighted by atomic mass is 10.2. The minimum atomic E-state index is -4.09. The zero-order chi connectivity index (χ0) is 27.1. The fourth-order valence-corrected chi connectivity index (χ4v) is 5.21. The molecule has 10 heteroatoms. The Kier molecular flexibility index (Phi) is 8.03. The van der Waals surface area contributed by atoms with E-state index >= 15 is 0 Å². The molecule has 194 valence electrons. The number of imide groups is 1. The minimum Gasteiger partial charge on any atom is -0.452 e. The van der Waals surface area contributed by atoms with Crippen molar-refractivity contribution in [1.82, 2.24) is 9.88 Å². The molecule has 1 N–H and O–H groups in total. The van der Waals surface area contributed by atoms with Gasteiger partial charge in [-0.05, 0) is 48.0 Å². The van der Waals surface area contributed by atoms with Crippen LogP contribution in [0, 0.1) is 0 Å². The SMILES string of the molecule is Cn1cccc1C(=O)NC(=O)COC(=O)c1cccc(S(=O)(=O)N(Cc2ccccc2)c2ccccc2)c1. The molecular weight excluding hydrogens is 506 g/mol. The highest BCUT2D eigenvalue weighted by Crippen LogP contribution is 2.26. The van der Waals surface area contributed by atoms with Crippen molar-refractivity contribution >= 4 is 33.5 Å². The van der Waals surface area contributed by atoms with E-state index < -0.39 is 34.4 Å². The Morgan fingerprint density at radius 2 is 1.55 bits per heavy atom. The van der Waals surface area contributed by atoms with Gasteiger partial charge in [-0.1, -0.05) is 54.6 Å². The normalized spacial score (nSPS) is 11.0. The molecule has 4 aromatic rings. The second-order valence-electron chi connectivity index (χ2n) is 8.32. The van der Waals surface area contributed by atoms with Crippen molar-refractivity contribution in [3.63, 3.8) is 0 Å². The Bertz CT molecular complexity index is 1550. The predicted octanol–water partition coefficient (Wildman–Crippen LogP) is 3.53. The number of aryl methyl sites for hydroxylation is 1. The average Bonchev–Trinajstić information content (AvgIpc) is 3.37. The number of amides is 2. The highest BCUT2D eigenvalue weighted by atomic mass is 32.2. The molecule has 2 amide bonds. The van der Waals surface area contributed by atoms with Crippen LogP contribution >= 0.6 is 0 Å². The number of esters is 1. The van der Waals surface area contributed by atoms with E-state index in [-0.39, 0.29) is 22.7 Å². The first kappa shape index (κ1) is 26.4. The van der Waals surface area contributed by atoms with Crippen molar-refractivity contribution in [1.29, 1.82) is 0 Å². The topological polar surface area (TPSA) is 115 Å². The number of benzene rings is 3.